The molecule has 16 heavy (non-hydrogen) atoms. The van der Waals surface area contributed by atoms with Gasteiger partial charge >= 0.3 is 6.09 Å². The third-order valence-corrected chi connectivity index (χ3v) is 1.69. The summed E-state index contributed by atoms with van der Waals surface area (Å²) < 4.78 is 5.17. The van der Waals surface area contributed by atoms with Gasteiger partial charge in [0.15, 0.2) is 5.78 Å². The Morgan fingerprint density at radius 2 is 1.88 bits per heavy atom. The number of ether oxygens (including phenoxy) is 1. The van der Waals surface area contributed by atoms with Crippen LogP contribution in [0.5, 0.6) is 0 Å². The molecule has 0 saturated heterocycles. The highest BCUT2D eigenvalue weighted by molar-refractivity contribution is 5.87. The molecular weight excluding hydrogens is 206 g/mol. The van der Waals surface area contributed by atoms with Crippen molar-refractivity contribution in [3.8, 4) is 0 Å². The Morgan fingerprint density at radius 1 is 1.31 bits per heavy atom. The zero-order valence-corrected chi connectivity index (χ0v) is 10.7. The van der Waals surface area contributed by atoms with E-state index in [1.807, 2.05) is 20.8 Å². The van der Waals surface area contributed by atoms with Crippen LogP contribution in [0.3, 0.4) is 0 Å². The van der Waals surface area contributed by atoms with E-state index in [1.54, 1.807) is 13.1 Å². The summed E-state index contributed by atoms with van der Waals surface area (Å²) in [6.45, 7) is 7.52. The molecule has 0 spiro atoms. The first-order valence-corrected chi connectivity index (χ1v) is 5.33. The smallest absolute Gasteiger partial charge is 0.410 e. The molecule has 4 nitrogen and oxygen atoms in total. The number of carbonyl (C=O) groups is 2. The Bertz CT molecular complexity index is 276. The lowest BCUT2D eigenvalue weighted by molar-refractivity contribution is -0.112. The average molecular weight is 227 g/mol. The SMILES string of the molecule is CC(=O)/C=C/CCN(C)C(=O)OC(C)(C)C. The first kappa shape index (κ1) is 14.7. The molecule has 92 valence electrons. The Morgan fingerprint density at radius 3 is 2.31 bits per heavy atom. The van der Waals surface area contributed by atoms with Crippen molar-refractivity contribution < 1.29 is 14.3 Å². The van der Waals surface area contributed by atoms with Crippen LogP contribution >= 0.6 is 0 Å². The zero-order chi connectivity index (χ0) is 12.8. The van der Waals surface area contributed by atoms with E-state index in [0.717, 1.165) is 0 Å². The van der Waals surface area contributed by atoms with E-state index >= 15 is 0 Å². The highest BCUT2D eigenvalue weighted by atomic mass is 16.6. The highest BCUT2D eigenvalue weighted by Gasteiger charge is 2.18. The van der Waals surface area contributed by atoms with Gasteiger partial charge in [0.25, 0.3) is 0 Å². The molecule has 0 rings (SSSR count). The van der Waals surface area contributed by atoms with Crippen molar-refractivity contribution in [2.45, 2.75) is 39.7 Å². The summed E-state index contributed by atoms with van der Waals surface area (Å²) in [6.07, 6.45) is 3.56. The minimum atomic E-state index is -0.472. The van der Waals surface area contributed by atoms with Crippen LogP contribution in [0.1, 0.15) is 34.1 Å². The first-order chi connectivity index (χ1) is 7.22. The standard InChI is InChI=1S/C12H21NO3/c1-10(14)8-6-7-9-13(5)11(15)16-12(2,3)4/h6,8H,7,9H2,1-5H3/b8-6+. The third kappa shape index (κ3) is 8.03. The van der Waals surface area contributed by atoms with E-state index in [-0.39, 0.29) is 11.9 Å². The lowest BCUT2D eigenvalue weighted by Crippen LogP contribution is -2.34. The molecule has 0 aliphatic rings. The van der Waals surface area contributed by atoms with Crippen LogP contribution in [0.15, 0.2) is 12.2 Å². The second kappa shape index (κ2) is 6.30. The lowest BCUT2D eigenvalue weighted by Gasteiger charge is -2.24. The summed E-state index contributed by atoms with van der Waals surface area (Å²) in [5, 5.41) is 0. The summed E-state index contributed by atoms with van der Waals surface area (Å²) in [5.74, 6) is 0.0138. The number of hydrogen-bond acceptors (Lipinski definition) is 3. The Kier molecular flexibility index (Phi) is 5.78. The predicted octanol–water partition coefficient (Wildman–Crippen LogP) is 2.39. The van der Waals surface area contributed by atoms with Crippen LogP contribution in [-0.2, 0) is 9.53 Å². The maximum atomic E-state index is 11.5. The molecule has 1 amide bonds. The van der Waals surface area contributed by atoms with Gasteiger partial charge in [0, 0.05) is 13.6 Å². The molecule has 0 bridgehead atoms. The van der Waals surface area contributed by atoms with Crippen LogP contribution in [0.25, 0.3) is 0 Å². The maximum absolute atomic E-state index is 11.5. The van der Waals surface area contributed by atoms with E-state index in [1.165, 1.54) is 17.9 Å². The van der Waals surface area contributed by atoms with Crippen LogP contribution in [0.2, 0.25) is 0 Å². The molecule has 0 aromatic rings. The van der Waals surface area contributed by atoms with Crippen molar-refractivity contribution in [3.05, 3.63) is 12.2 Å². The van der Waals surface area contributed by atoms with Gasteiger partial charge < -0.3 is 9.64 Å². The number of rotatable bonds is 4. The van der Waals surface area contributed by atoms with Crippen LogP contribution < -0.4 is 0 Å². The first-order valence-electron chi connectivity index (χ1n) is 5.33. The van der Waals surface area contributed by atoms with E-state index < -0.39 is 5.60 Å². The maximum Gasteiger partial charge on any atom is 0.410 e. The highest BCUT2D eigenvalue weighted by Crippen LogP contribution is 2.09. The minimum Gasteiger partial charge on any atom is -0.444 e. The molecule has 0 fully saturated rings. The van der Waals surface area contributed by atoms with Crippen molar-refractivity contribution in [2.24, 2.45) is 0 Å². The topological polar surface area (TPSA) is 46.6 Å². The zero-order valence-electron chi connectivity index (χ0n) is 10.7. The quantitative estimate of drug-likeness (QED) is 0.693. The van der Waals surface area contributed by atoms with Crippen LogP contribution in [0.4, 0.5) is 4.79 Å². The average Bonchev–Trinajstić information content (AvgIpc) is 2.08. The minimum absolute atomic E-state index is 0.0138. The van der Waals surface area contributed by atoms with Gasteiger partial charge in [-0.3, -0.25) is 4.79 Å². The van der Waals surface area contributed by atoms with Gasteiger partial charge in [-0.25, -0.2) is 4.79 Å². The molecule has 0 N–H and O–H groups in total. The molecule has 0 radical (unpaired) electrons. The van der Waals surface area contributed by atoms with Crippen molar-refractivity contribution in [2.75, 3.05) is 13.6 Å². The van der Waals surface area contributed by atoms with Gasteiger partial charge in [-0.2, -0.15) is 0 Å². The molecule has 4 heteroatoms. The van der Waals surface area contributed by atoms with E-state index in [9.17, 15) is 9.59 Å². The largest absolute Gasteiger partial charge is 0.444 e. The fraction of sp³-hybridized carbons (Fsp3) is 0.667. The summed E-state index contributed by atoms with van der Waals surface area (Å²) in [6, 6.07) is 0. The van der Waals surface area contributed by atoms with E-state index in [0.29, 0.717) is 13.0 Å². The summed E-state index contributed by atoms with van der Waals surface area (Å²) in [7, 11) is 1.68. The number of carbonyl (C=O) groups excluding carboxylic acids is 2. The lowest BCUT2D eigenvalue weighted by atomic mass is 10.2. The molecule has 0 aliphatic heterocycles. The molecular formula is C12H21NO3. The fourth-order valence-corrected chi connectivity index (χ4v) is 0.949. The van der Waals surface area contributed by atoms with Crippen molar-refractivity contribution in [1.82, 2.24) is 4.90 Å². The Labute approximate surface area is 97.3 Å². The number of allylic oxidation sites excluding steroid dienone is 1. The van der Waals surface area contributed by atoms with Gasteiger partial charge in [-0.1, -0.05) is 6.08 Å². The van der Waals surface area contributed by atoms with E-state index in [4.69, 9.17) is 4.74 Å². The molecule has 0 aromatic carbocycles. The second-order valence-corrected chi connectivity index (χ2v) is 4.70. The summed E-state index contributed by atoms with van der Waals surface area (Å²) in [5.41, 5.74) is -0.472. The number of ketones is 1. The van der Waals surface area contributed by atoms with Crippen molar-refractivity contribution in [1.29, 1.82) is 0 Å². The summed E-state index contributed by atoms with van der Waals surface area (Å²) >= 11 is 0. The number of hydrogen-bond donors (Lipinski definition) is 0. The second-order valence-electron chi connectivity index (χ2n) is 4.70. The monoisotopic (exact) mass is 227 g/mol. The van der Waals surface area contributed by atoms with E-state index in [2.05, 4.69) is 0 Å². The van der Waals surface area contributed by atoms with Gasteiger partial charge in [0.05, 0.1) is 0 Å². The molecule has 0 aliphatic carbocycles. The number of nitrogens with zero attached hydrogens (tertiary/aromatic N) is 1. The van der Waals surface area contributed by atoms with Gasteiger partial charge in [-0.05, 0) is 40.2 Å². The van der Waals surface area contributed by atoms with Crippen LogP contribution in [0, 0.1) is 0 Å². The normalized spacial score (nSPS) is 11.6. The Hall–Kier alpha value is -1.32. The molecule has 0 unspecified atom stereocenters. The van der Waals surface area contributed by atoms with Crippen molar-refractivity contribution >= 4 is 11.9 Å². The molecule has 0 aromatic heterocycles. The Balaban J connectivity index is 3.93. The molecule has 0 saturated carbocycles. The van der Waals surface area contributed by atoms with Crippen LogP contribution in [-0.4, -0.2) is 36.0 Å². The molecule has 0 atom stereocenters. The third-order valence-electron chi connectivity index (χ3n) is 1.69. The van der Waals surface area contributed by atoms with Gasteiger partial charge in [-0.15, -0.1) is 0 Å². The molecule has 0 heterocycles. The number of amides is 1. The fourth-order valence-electron chi connectivity index (χ4n) is 0.949. The summed E-state index contributed by atoms with van der Waals surface area (Å²) in [4.78, 5) is 23.6. The van der Waals surface area contributed by atoms with Gasteiger partial charge in [0.2, 0.25) is 0 Å². The van der Waals surface area contributed by atoms with Crippen molar-refractivity contribution in [3.63, 3.8) is 0 Å². The predicted molar refractivity (Wildman–Crippen MR) is 63.3 cm³/mol. The van der Waals surface area contributed by atoms with Gasteiger partial charge in [0.1, 0.15) is 5.60 Å².